The predicted octanol–water partition coefficient (Wildman–Crippen LogP) is 4.08. The van der Waals surface area contributed by atoms with Crippen LogP contribution in [-0.2, 0) is 11.8 Å². The molecule has 0 saturated carbocycles. The topological polar surface area (TPSA) is 77.2 Å². The number of thiazole rings is 1. The van der Waals surface area contributed by atoms with E-state index >= 15 is 0 Å². The van der Waals surface area contributed by atoms with Crippen LogP contribution in [0.1, 0.15) is 42.0 Å². The van der Waals surface area contributed by atoms with Crippen molar-refractivity contribution in [2.24, 2.45) is 0 Å². The second kappa shape index (κ2) is 7.92. The lowest BCUT2D eigenvalue weighted by Gasteiger charge is -2.14. The molecule has 27 heavy (non-hydrogen) atoms. The summed E-state index contributed by atoms with van der Waals surface area (Å²) in [5.41, 5.74) is 2.53. The highest BCUT2D eigenvalue weighted by molar-refractivity contribution is 7.09. The van der Waals surface area contributed by atoms with Crippen LogP contribution in [0.25, 0.3) is 11.3 Å². The largest absolute Gasteiger partial charge is 0.497 e. The summed E-state index contributed by atoms with van der Waals surface area (Å²) in [6.45, 7) is 6.90. The van der Waals surface area contributed by atoms with Gasteiger partial charge in [-0.15, -0.1) is 11.3 Å². The van der Waals surface area contributed by atoms with Crippen LogP contribution < -0.4 is 10.1 Å². The molecule has 0 aliphatic heterocycles. The molecular formula is C20H23N3O3S. The first-order chi connectivity index (χ1) is 12.9. The maximum Gasteiger partial charge on any atom is 0.289 e. The van der Waals surface area contributed by atoms with Gasteiger partial charge in [0, 0.05) is 35.4 Å². The van der Waals surface area contributed by atoms with Gasteiger partial charge in [-0.1, -0.05) is 38.1 Å². The molecule has 142 valence electrons. The number of carbonyl (C=O) groups is 1. The van der Waals surface area contributed by atoms with E-state index in [1.54, 1.807) is 24.5 Å². The lowest BCUT2D eigenvalue weighted by atomic mass is 9.93. The Kier molecular flexibility index (Phi) is 5.60. The average Bonchev–Trinajstić information content (AvgIpc) is 3.31. The van der Waals surface area contributed by atoms with Gasteiger partial charge in [-0.2, -0.15) is 0 Å². The number of ether oxygens (including phenoxy) is 1. The highest BCUT2D eigenvalue weighted by atomic mass is 32.1. The Balaban J connectivity index is 1.57. The van der Waals surface area contributed by atoms with E-state index in [9.17, 15) is 4.79 Å². The molecule has 0 fully saturated rings. The number of rotatable bonds is 6. The molecule has 1 aromatic carbocycles. The second-order valence-corrected chi connectivity index (χ2v) is 8.13. The first kappa shape index (κ1) is 19.1. The Labute approximate surface area is 162 Å². The van der Waals surface area contributed by atoms with E-state index in [1.165, 1.54) is 0 Å². The molecule has 0 aliphatic carbocycles. The lowest BCUT2D eigenvalue weighted by molar-refractivity contribution is 0.0917. The summed E-state index contributed by atoms with van der Waals surface area (Å²) < 4.78 is 10.4. The average molecular weight is 385 g/mol. The molecule has 0 spiro atoms. The van der Waals surface area contributed by atoms with E-state index in [0.717, 1.165) is 22.0 Å². The quantitative estimate of drug-likeness (QED) is 0.692. The van der Waals surface area contributed by atoms with Gasteiger partial charge in [0.15, 0.2) is 0 Å². The van der Waals surface area contributed by atoms with Gasteiger partial charge < -0.3 is 14.6 Å². The fourth-order valence-electron chi connectivity index (χ4n) is 2.44. The van der Waals surface area contributed by atoms with Crippen LogP contribution in [0.3, 0.4) is 0 Å². The third-order valence-electron chi connectivity index (χ3n) is 4.04. The van der Waals surface area contributed by atoms with Gasteiger partial charge in [-0.05, 0) is 12.1 Å². The van der Waals surface area contributed by atoms with E-state index in [0.29, 0.717) is 18.7 Å². The number of carbonyl (C=O) groups excluding carboxylic acids is 1. The monoisotopic (exact) mass is 385 g/mol. The van der Waals surface area contributed by atoms with Crippen LogP contribution in [0, 0.1) is 0 Å². The molecule has 0 aliphatic rings. The first-order valence-corrected chi connectivity index (χ1v) is 9.59. The molecule has 2 aromatic heterocycles. The van der Waals surface area contributed by atoms with Crippen molar-refractivity contribution >= 4 is 17.2 Å². The summed E-state index contributed by atoms with van der Waals surface area (Å²) in [4.78, 5) is 16.9. The first-order valence-electron chi connectivity index (χ1n) is 8.71. The van der Waals surface area contributed by atoms with E-state index < -0.39 is 0 Å². The van der Waals surface area contributed by atoms with Gasteiger partial charge in [0.2, 0.25) is 5.76 Å². The fraction of sp³-hybridized carbons (Fsp3) is 0.350. The van der Waals surface area contributed by atoms with Crippen molar-refractivity contribution in [1.29, 1.82) is 0 Å². The van der Waals surface area contributed by atoms with Crippen LogP contribution in [0.4, 0.5) is 0 Å². The minimum atomic E-state index is -0.288. The van der Waals surface area contributed by atoms with Crippen LogP contribution >= 0.6 is 11.3 Å². The molecule has 2 heterocycles. The number of nitrogens with zero attached hydrogens (tertiary/aromatic N) is 2. The number of hydrogen-bond acceptors (Lipinski definition) is 6. The number of amides is 1. The van der Waals surface area contributed by atoms with Crippen LogP contribution in [0.2, 0.25) is 0 Å². The maximum atomic E-state index is 12.3. The van der Waals surface area contributed by atoms with Gasteiger partial charge in [0.25, 0.3) is 5.91 Å². The summed E-state index contributed by atoms with van der Waals surface area (Å²) in [6, 6.07) is 9.07. The number of benzene rings is 1. The Bertz CT molecular complexity index is 924. The predicted molar refractivity (Wildman–Crippen MR) is 105 cm³/mol. The van der Waals surface area contributed by atoms with E-state index in [-0.39, 0.29) is 17.1 Å². The Morgan fingerprint density at radius 1 is 1.30 bits per heavy atom. The smallest absolute Gasteiger partial charge is 0.289 e. The normalized spacial score (nSPS) is 11.4. The zero-order valence-electron chi connectivity index (χ0n) is 15.9. The molecule has 7 heteroatoms. The molecule has 1 N–H and O–H groups in total. The molecule has 0 radical (unpaired) electrons. The number of hydrogen-bond donors (Lipinski definition) is 1. The molecule has 0 unspecified atom stereocenters. The van der Waals surface area contributed by atoms with E-state index in [2.05, 4.69) is 41.6 Å². The zero-order valence-corrected chi connectivity index (χ0v) is 16.7. The van der Waals surface area contributed by atoms with E-state index in [4.69, 9.17) is 9.26 Å². The van der Waals surface area contributed by atoms with Gasteiger partial charge in [0.1, 0.15) is 11.4 Å². The molecule has 6 nitrogen and oxygen atoms in total. The minimum absolute atomic E-state index is 0.0361. The summed E-state index contributed by atoms with van der Waals surface area (Å²) >= 11 is 1.62. The zero-order chi connectivity index (χ0) is 19.4. The second-order valence-electron chi connectivity index (χ2n) is 7.19. The third kappa shape index (κ3) is 4.74. The number of nitrogens with one attached hydrogen (secondary N) is 1. The molecule has 0 bridgehead atoms. The van der Waals surface area contributed by atoms with Crippen LogP contribution in [0.5, 0.6) is 5.75 Å². The van der Waals surface area contributed by atoms with Crippen molar-refractivity contribution in [2.75, 3.05) is 13.7 Å². The lowest BCUT2D eigenvalue weighted by Crippen LogP contribution is -2.25. The fourth-order valence-corrected chi connectivity index (χ4v) is 3.47. The maximum absolute atomic E-state index is 12.3. The van der Waals surface area contributed by atoms with Gasteiger partial charge in [-0.25, -0.2) is 4.98 Å². The molecule has 0 atom stereocenters. The number of aromatic nitrogens is 2. The number of methoxy groups -OCH3 is 1. The Hall–Kier alpha value is -2.67. The summed E-state index contributed by atoms with van der Waals surface area (Å²) in [5, 5.41) is 9.92. The molecular weight excluding hydrogens is 362 g/mol. The summed E-state index contributed by atoms with van der Waals surface area (Å²) in [7, 11) is 1.60. The van der Waals surface area contributed by atoms with Gasteiger partial charge >= 0.3 is 0 Å². The van der Waals surface area contributed by atoms with E-state index in [1.807, 2.05) is 24.3 Å². The minimum Gasteiger partial charge on any atom is -0.497 e. The highest BCUT2D eigenvalue weighted by Gasteiger charge is 2.18. The van der Waals surface area contributed by atoms with Crippen molar-refractivity contribution < 1.29 is 14.1 Å². The molecule has 3 rings (SSSR count). The molecule has 3 aromatic rings. The van der Waals surface area contributed by atoms with Gasteiger partial charge in [-0.3, -0.25) is 4.79 Å². The molecule has 1 amide bonds. The van der Waals surface area contributed by atoms with Crippen molar-refractivity contribution in [1.82, 2.24) is 15.5 Å². The Morgan fingerprint density at radius 2 is 2.11 bits per heavy atom. The molecule has 0 saturated heterocycles. The van der Waals surface area contributed by atoms with Crippen LogP contribution in [-0.4, -0.2) is 29.7 Å². The van der Waals surface area contributed by atoms with Crippen molar-refractivity contribution in [2.45, 2.75) is 32.6 Å². The van der Waals surface area contributed by atoms with Gasteiger partial charge in [0.05, 0.1) is 17.8 Å². The van der Waals surface area contributed by atoms with Crippen molar-refractivity contribution in [3.63, 3.8) is 0 Å². The highest BCUT2D eigenvalue weighted by Crippen LogP contribution is 2.24. The Morgan fingerprint density at radius 3 is 2.81 bits per heavy atom. The third-order valence-corrected chi connectivity index (χ3v) is 4.95. The SMILES string of the molecule is COc1cccc(-c2cc(C(=O)NCCc3nc(C(C)(C)C)cs3)on2)c1. The standard InChI is InChI=1S/C20H23N3O3S/c1-20(2,3)17-12-27-18(22-17)8-9-21-19(24)16-11-15(23-26-16)13-6-5-7-14(10-13)25-4/h5-7,10-12H,8-9H2,1-4H3,(H,21,24). The summed E-state index contributed by atoms with van der Waals surface area (Å²) in [5.74, 6) is 0.617. The summed E-state index contributed by atoms with van der Waals surface area (Å²) in [6.07, 6.45) is 0.684. The van der Waals surface area contributed by atoms with Crippen molar-refractivity contribution in [3.05, 3.63) is 52.2 Å². The van der Waals surface area contributed by atoms with Crippen molar-refractivity contribution in [3.8, 4) is 17.0 Å². The van der Waals surface area contributed by atoms with Crippen LogP contribution in [0.15, 0.2) is 40.2 Å².